The average molecular weight is 1100 g/mol. The van der Waals surface area contributed by atoms with Crippen molar-refractivity contribution < 1.29 is 90.5 Å². The van der Waals surface area contributed by atoms with Gasteiger partial charge in [0, 0.05) is 50.4 Å². The summed E-state index contributed by atoms with van der Waals surface area (Å²) in [6, 6.07) is 6.00. The molecule has 0 saturated carbocycles. The summed E-state index contributed by atoms with van der Waals surface area (Å²) < 4.78 is 65.7. The third-order valence-electron chi connectivity index (χ3n) is 13.3. The van der Waals surface area contributed by atoms with Gasteiger partial charge in [-0.2, -0.15) is 0 Å². The van der Waals surface area contributed by atoms with Crippen LogP contribution in [-0.2, 0) is 103 Å². The Hall–Kier alpha value is -8.47. The number of halogens is 1. The normalized spacial score (nSPS) is 16.8. The summed E-state index contributed by atoms with van der Waals surface area (Å²) in [7, 11) is 2.37. The van der Waals surface area contributed by atoms with Crippen molar-refractivity contribution in [1.82, 2.24) is 19.8 Å². The number of hydrogen-bond donors (Lipinski definition) is 3. The number of ether oxygens (including phenoxy) is 9. The highest BCUT2D eigenvalue weighted by atomic mass is 19.1. The van der Waals surface area contributed by atoms with E-state index in [2.05, 4.69) is 16.6 Å². The number of methoxy groups -OCH3 is 1. The topological polar surface area (TPSA) is 302 Å². The fourth-order valence-electron chi connectivity index (χ4n) is 9.55. The number of cyclic esters (lactones) is 1. The van der Waals surface area contributed by atoms with Crippen LogP contribution >= 0.6 is 0 Å². The Morgan fingerprint density at radius 2 is 1.72 bits per heavy atom. The zero-order valence-corrected chi connectivity index (χ0v) is 44.4. The maximum Gasteiger partial charge on any atom is 0.407 e. The number of terminal acetylenes is 1. The van der Waals surface area contributed by atoms with Gasteiger partial charge < -0.3 is 67.8 Å². The highest BCUT2D eigenvalue weighted by molar-refractivity contribution is 5.96. The standard InChI is InChI=1S/C54H58FN5O19/c1-10-17-72-18-16-43(65)59(8)23-42(64)56-38-19-31(12-15-41(38)78-51(50(76-29(6)62)77-30(7)63)79-47(49(67)71-9)27(4)75-28(5)61)24-74-53(69)58-37-14-13-32-26(3)36(55)21-39-44(32)45(37)33-22-60-40(46(33)57-39)20-35-34(48(60)66)25-73-52(68)54(35,70)11-2/h1,12,15,19-21,27,37,47,50-51,70H,11,13-14,16-18,22-25H2,2-9H3,(H,56,64)(H,58,69)/t27-,37-,47?,51?,54-/m0/s1. The van der Waals surface area contributed by atoms with E-state index in [1.807, 2.05) is 0 Å². The molecule has 420 valence electrons. The number of benzene rings is 2. The number of carbonyl (C=O) groups excluding carboxylic acids is 8. The van der Waals surface area contributed by atoms with Gasteiger partial charge in [0.1, 0.15) is 37.5 Å². The molecule has 3 aliphatic rings. The van der Waals surface area contributed by atoms with Crippen LogP contribution < -0.4 is 20.9 Å². The molecule has 4 aromatic rings. The van der Waals surface area contributed by atoms with E-state index in [1.165, 1.54) is 48.9 Å². The van der Waals surface area contributed by atoms with Crippen molar-refractivity contribution in [1.29, 1.82) is 0 Å². The van der Waals surface area contributed by atoms with Crippen LogP contribution in [-0.4, -0.2) is 126 Å². The number of alkyl carbamates (subject to hydrolysis) is 1. The van der Waals surface area contributed by atoms with Gasteiger partial charge in [0.25, 0.3) is 11.8 Å². The Morgan fingerprint density at radius 3 is 2.38 bits per heavy atom. The zero-order chi connectivity index (χ0) is 57.6. The molecule has 25 heteroatoms. The fourth-order valence-corrected chi connectivity index (χ4v) is 9.55. The number of nitrogens with zero attached hydrogens (tertiary/aromatic N) is 3. The van der Waals surface area contributed by atoms with E-state index in [1.54, 1.807) is 13.8 Å². The maximum atomic E-state index is 15.6. The van der Waals surface area contributed by atoms with Crippen molar-refractivity contribution in [2.24, 2.45) is 0 Å². The number of aromatic nitrogens is 2. The van der Waals surface area contributed by atoms with Gasteiger partial charge in [-0.25, -0.2) is 23.8 Å². The zero-order valence-electron chi connectivity index (χ0n) is 44.4. The Bertz CT molecular complexity index is 3230. The van der Waals surface area contributed by atoms with Gasteiger partial charge in [-0.15, -0.1) is 6.42 Å². The van der Waals surface area contributed by atoms with Crippen LogP contribution in [0.2, 0.25) is 0 Å². The van der Waals surface area contributed by atoms with E-state index in [0.29, 0.717) is 34.1 Å². The molecule has 3 N–H and O–H groups in total. The fraction of sp³-hybridized carbons (Fsp3) is 0.444. The number of aryl methyl sites for hydroxylation is 1. The van der Waals surface area contributed by atoms with Crippen LogP contribution in [0.3, 0.4) is 0 Å². The van der Waals surface area contributed by atoms with Crippen LogP contribution in [0.4, 0.5) is 14.9 Å². The minimum absolute atomic E-state index is 0.0204. The molecule has 0 bridgehead atoms. The van der Waals surface area contributed by atoms with Crippen molar-refractivity contribution in [3.8, 4) is 29.5 Å². The van der Waals surface area contributed by atoms with Crippen molar-refractivity contribution in [3.63, 3.8) is 0 Å². The number of anilines is 1. The molecule has 79 heavy (non-hydrogen) atoms. The van der Waals surface area contributed by atoms with Crippen LogP contribution in [0.5, 0.6) is 5.75 Å². The van der Waals surface area contributed by atoms with Crippen LogP contribution in [0.15, 0.2) is 35.1 Å². The quantitative estimate of drug-likeness (QED) is 0.0311. The van der Waals surface area contributed by atoms with E-state index in [0.717, 1.165) is 32.8 Å². The molecule has 2 aliphatic heterocycles. The lowest BCUT2D eigenvalue weighted by atomic mass is 9.81. The summed E-state index contributed by atoms with van der Waals surface area (Å²) in [6.07, 6.45) is -2.65. The summed E-state index contributed by atoms with van der Waals surface area (Å²) >= 11 is 0. The lowest BCUT2D eigenvalue weighted by molar-refractivity contribution is -0.264. The number of amides is 3. The Kier molecular flexibility index (Phi) is 18.0. The molecule has 0 spiro atoms. The number of nitrogens with one attached hydrogen (secondary N) is 2. The van der Waals surface area contributed by atoms with Crippen molar-refractivity contribution in [3.05, 3.63) is 85.4 Å². The molecule has 2 aromatic carbocycles. The molecule has 4 heterocycles. The van der Waals surface area contributed by atoms with Crippen molar-refractivity contribution in [2.45, 2.75) is 123 Å². The lowest BCUT2D eigenvalue weighted by Gasteiger charge is -2.31. The minimum Gasteiger partial charge on any atom is -0.467 e. The van der Waals surface area contributed by atoms with Crippen LogP contribution in [0.1, 0.15) is 98.9 Å². The summed E-state index contributed by atoms with van der Waals surface area (Å²) in [5.74, 6) is -4.61. The molecule has 24 nitrogen and oxygen atoms in total. The largest absolute Gasteiger partial charge is 0.467 e. The molecule has 1 aliphatic carbocycles. The predicted octanol–water partition coefficient (Wildman–Crippen LogP) is 3.54. The molecule has 2 aromatic heterocycles. The van der Waals surface area contributed by atoms with Gasteiger partial charge in [0.15, 0.2) is 11.7 Å². The number of aliphatic hydroxyl groups is 1. The molecule has 0 fully saturated rings. The number of pyridine rings is 2. The van der Waals surface area contributed by atoms with Gasteiger partial charge in [0.2, 0.25) is 11.8 Å². The smallest absolute Gasteiger partial charge is 0.407 e. The Balaban J connectivity index is 1.21. The van der Waals surface area contributed by atoms with E-state index >= 15 is 4.39 Å². The second kappa shape index (κ2) is 24.5. The number of carbonyl (C=O) groups is 8. The number of rotatable bonds is 21. The number of fused-ring (bicyclic) bond motifs is 5. The van der Waals surface area contributed by atoms with Crippen molar-refractivity contribution >= 4 is 64.3 Å². The molecule has 0 saturated heterocycles. The summed E-state index contributed by atoms with van der Waals surface area (Å²) in [5.41, 5.74) is 0.559. The van der Waals surface area contributed by atoms with Gasteiger partial charge in [0.05, 0.1) is 67.4 Å². The summed E-state index contributed by atoms with van der Waals surface area (Å²) in [5, 5.41) is 17.6. The van der Waals surface area contributed by atoms with Crippen molar-refractivity contribution in [2.75, 3.05) is 39.2 Å². The van der Waals surface area contributed by atoms with Gasteiger partial charge >= 0.3 is 42.2 Å². The maximum absolute atomic E-state index is 15.6. The SMILES string of the molecule is C#CCOCCC(=O)N(C)CC(=O)Nc1cc(COC(=O)N[C@H]2CCc3c(C)c(F)cc4nc5c(c2c34)Cn2c-5cc3c(c2=O)COC(=O)[C@]3(O)CC)ccc1OC(OC(C(=O)OC)[C@H](C)OC(C)=O)C(OC(C)=O)OC(C)=O. The van der Waals surface area contributed by atoms with E-state index < -0.39 is 109 Å². The first-order valence-corrected chi connectivity index (χ1v) is 24.8. The highest BCUT2D eigenvalue weighted by Gasteiger charge is 2.46. The molecule has 7 rings (SSSR count). The number of hydrogen-bond acceptors (Lipinski definition) is 20. The first-order valence-electron chi connectivity index (χ1n) is 24.8. The van der Waals surface area contributed by atoms with E-state index in [-0.39, 0.29) is 90.7 Å². The average Bonchev–Trinajstić information content (AvgIpc) is 3.68. The van der Waals surface area contributed by atoms with Crippen LogP contribution in [0, 0.1) is 25.1 Å². The summed E-state index contributed by atoms with van der Waals surface area (Å²) in [6.45, 7) is 6.09. The second-order valence-corrected chi connectivity index (χ2v) is 18.7. The van der Waals surface area contributed by atoms with Crippen LogP contribution in [0.25, 0.3) is 22.3 Å². The molecular formula is C54H58FN5O19. The molecule has 5 atom stereocenters. The summed E-state index contributed by atoms with van der Waals surface area (Å²) in [4.78, 5) is 123. The molecule has 2 unspecified atom stereocenters. The van der Waals surface area contributed by atoms with Gasteiger partial charge in [-0.3, -0.25) is 28.8 Å². The predicted molar refractivity (Wildman–Crippen MR) is 270 cm³/mol. The number of esters is 5. The molecule has 3 amide bonds. The monoisotopic (exact) mass is 1100 g/mol. The third kappa shape index (κ3) is 12.6. The van der Waals surface area contributed by atoms with Gasteiger partial charge in [-0.1, -0.05) is 18.9 Å². The lowest BCUT2D eigenvalue weighted by Crippen LogP contribution is -2.48. The second-order valence-electron chi connectivity index (χ2n) is 18.7. The van der Waals surface area contributed by atoms with Gasteiger partial charge in [-0.05, 0) is 73.6 Å². The Labute approximate surface area is 451 Å². The first-order chi connectivity index (χ1) is 37.5. The first kappa shape index (κ1) is 58.2. The number of likely N-dealkylation sites (N-methyl/N-ethyl adjacent to an activating group) is 1. The van der Waals surface area contributed by atoms with E-state index in [9.17, 15) is 48.3 Å². The highest BCUT2D eigenvalue weighted by Crippen LogP contribution is 2.46. The Morgan fingerprint density at radius 1 is 1.01 bits per heavy atom. The molecular weight excluding hydrogens is 1040 g/mol. The minimum atomic E-state index is -2.10. The third-order valence-corrected chi connectivity index (χ3v) is 13.3. The molecule has 0 radical (unpaired) electrons. The van der Waals surface area contributed by atoms with E-state index in [4.69, 9.17) is 54.0 Å².